The van der Waals surface area contributed by atoms with Crippen molar-refractivity contribution in [3.63, 3.8) is 0 Å². The molecule has 2 rings (SSSR count). The maximum absolute atomic E-state index is 11.6. The van der Waals surface area contributed by atoms with Crippen molar-refractivity contribution in [2.45, 2.75) is 38.6 Å². The highest BCUT2D eigenvalue weighted by molar-refractivity contribution is 5.89. The van der Waals surface area contributed by atoms with Gasteiger partial charge in [0.05, 0.1) is 6.04 Å². The molecule has 2 aliphatic rings. The smallest absolute Gasteiger partial charge is 0.220 e. The number of rotatable bonds is 0. The van der Waals surface area contributed by atoms with Crippen LogP contribution in [-0.4, -0.2) is 29.2 Å². The topological polar surface area (TPSA) is 37.4 Å². The average molecular weight is 181 g/mol. The van der Waals surface area contributed by atoms with Crippen LogP contribution in [0.15, 0.2) is 0 Å². The van der Waals surface area contributed by atoms with Gasteiger partial charge in [-0.3, -0.25) is 9.59 Å². The van der Waals surface area contributed by atoms with E-state index >= 15 is 0 Å². The summed E-state index contributed by atoms with van der Waals surface area (Å²) in [5.74, 6) is 0.803. The minimum Gasteiger partial charge on any atom is -0.333 e. The lowest BCUT2D eigenvalue weighted by Gasteiger charge is -2.29. The van der Waals surface area contributed by atoms with Crippen molar-refractivity contribution < 1.29 is 9.59 Å². The summed E-state index contributed by atoms with van der Waals surface area (Å²) in [6.07, 6.45) is 3.84. The molecule has 72 valence electrons. The molecule has 0 unspecified atom stereocenters. The second-order valence-corrected chi connectivity index (χ2v) is 4.06. The van der Waals surface area contributed by atoms with E-state index in [-0.39, 0.29) is 17.7 Å². The Morgan fingerprint density at radius 3 is 2.92 bits per heavy atom. The minimum absolute atomic E-state index is 0.0581. The highest BCUT2D eigenvalue weighted by Gasteiger charge is 2.41. The van der Waals surface area contributed by atoms with Crippen molar-refractivity contribution >= 4 is 11.7 Å². The Bertz CT molecular complexity index is 249. The molecule has 1 aliphatic heterocycles. The van der Waals surface area contributed by atoms with Crippen LogP contribution >= 0.6 is 0 Å². The zero-order valence-electron chi connectivity index (χ0n) is 7.95. The Morgan fingerprint density at radius 2 is 2.23 bits per heavy atom. The normalized spacial score (nSPS) is 33.3. The second-order valence-electron chi connectivity index (χ2n) is 4.06. The largest absolute Gasteiger partial charge is 0.333 e. The maximum Gasteiger partial charge on any atom is 0.220 e. The van der Waals surface area contributed by atoms with Gasteiger partial charge in [-0.05, 0) is 25.2 Å². The standard InChI is InChI=1S/C10H15NO2/c1-7(12)11-6-5-8-3-2-4-9(13)10(8)11/h8,10H,2-6H2,1H3/t8-,10-/m1/s1. The third-order valence-corrected chi connectivity index (χ3v) is 3.26. The van der Waals surface area contributed by atoms with Crippen molar-refractivity contribution in [3.05, 3.63) is 0 Å². The van der Waals surface area contributed by atoms with E-state index in [2.05, 4.69) is 0 Å². The monoisotopic (exact) mass is 181 g/mol. The molecule has 1 saturated carbocycles. The number of hydrogen-bond acceptors (Lipinski definition) is 2. The molecule has 0 aromatic heterocycles. The molecular formula is C10H15NO2. The summed E-state index contributed by atoms with van der Waals surface area (Å²) in [5, 5.41) is 0. The van der Waals surface area contributed by atoms with Crippen molar-refractivity contribution in [2.24, 2.45) is 5.92 Å². The number of likely N-dealkylation sites (tertiary alicyclic amines) is 1. The summed E-state index contributed by atoms with van der Waals surface area (Å²) >= 11 is 0. The summed E-state index contributed by atoms with van der Waals surface area (Å²) in [6.45, 7) is 2.35. The molecule has 1 saturated heterocycles. The molecule has 3 heteroatoms. The minimum atomic E-state index is -0.0637. The lowest BCUT2D eigenvalue weighted by Crippen LogP contribution is -2.44. The number of amides is 1. The predicted molar refractivity (Wildman–Crippen MR) is 48.1 cm³/mol. The molecule has 1 amide bonds. The van der Waals surface area contributed by atoms with Crippen LogP contribution in [-0.2, 0) is 9.59 Å². The molecule has 1 aliphatic carbocycles. The van der Waals surface area contributed by atoms with E-state index in [9.17, 15) is 9.59 Å². The van der Waals surface area contributed by atoms with Crippen LogP contribution in [0.5, 0.6) is 0 Å². The highest BCUT2D eigenvalue weighted by Crippen LogP contribution is 2.34. The van der Waals surface area contributed by atoms with Crippen LogP contribution in [0.3, 0.4) is 0 Å². The van der Waals surface area contributed by atoms with E-state index < -0.39 is 0 Å². The van der Waals surface area contributed by atoms with Crippen molar-refractivity contribution in [3.8, 4) is 0 Å². The number of nitrogens with zero attached hydrogens (tertiary/aromatic N) is 1. The third-order valence-electron chi connectivity index (χ3n) is 3.26. The van der Waals surface area contributed by atoms with Gasteiger partial charge in [-0.15, -0.1) is 0 Å². The van der Waals surface area contributed by atoms with Crippen LogP contribution in [0.2, 0.25) is 0 Å². The van der Waals surface area contributed by atoms with E-state index in [0.717, 1.165) is 25.8 Å². The van der Waals surface area contributed by atoms with E-state index in [1.54, 1.807) is 11.8 Å². The van der Waals surface area contributed by atoms with Crippen LogP contribution < -0.4 is 0 Å². The first-order chi connectivity index (χ1) is 6.20. The number of carbonyl (C=O) groups excluding carboxylic acids is 2. The number of carbonyl (C=O) groups is 2. The second kappa shape index (κ2) is 3.13. The molecule has 0 bridgehead atoms. The molecule has 2 fully saturated rings. The molecule has 1 heterocycles. The molecule has 0 N–H and O–H groups in total. The van der Waals surface area contributed by atoms with Gasteiger partial charge >= 0.3 is 0 Å². The lowest BCUT2D eigenvalue weighted by molar-refractivity contribution is -0.138. The van der Waals surface area contributed by atoms with Gasteiger partial charge in [0.1, 0.15) is 0 Å². The summed E-state index contributed by atoms with van der Waals surface area (Å²) in [4.78, 5) is 24.6. The quantitative estimate of drug-likeness (QED) is 0.558. The van der Waals surface area contributed by atoms with Crippen LogP contribution in [0.25, 0.3) is 0 Å². The molecular weight excluding hydrogens is 166 g/mol. The number of fused-ring (bicyclic) bond motifs is 1. The van der Waals surface area contributed by atoms with Crippen molar-refractivity contribution in [1.29, 1.82) is 0 Å². The van der Waals surface area contributed by atoms with Gasteiger partial charge in [0, 0.05) is 19.9 Å². The summed E-state index contributed by atoms with van der Waals surface area (Å²) in [7, 11) is 0. The number of ketones is 1. The van der Waals surface area contributed by atoms with E-state index in [1.807, 2.05) is 0 Å². The van der Waals surface area contributed by atoms with E-state index in [4.69, 9.17) is 0 Å². The van der Waals surface area contributed by atoms with Crippen LogP contribution in [0, 0.1) is 5.92 Å². The Hall–Kier alpha value is -0.860. The van der Waals surface area contributed by atoms with Crippen molar-refractivity contribution in [1.82, 2.24) is 4.90 Å². The predicted octanol–water partition coefficient (Wildman–Crippen LogP) is 0.976. The van der Waals surface area contributed by atoms with Crippen LogP contribution in [0.1, 0.15) is 32.6 Å². The van der Waals surface area contributed by atoms with Crippen LogP contribution in [0.4, 0.5) is 0 Å². The maximum atomic E-state index is 11.6. The Balaban J connectivity index is 2.18. The van der Waals surface area contributed by atoms with Gasteiger partial charge in [-0.2, -0.15) is 0 Å². The Morgan fingerprint density at radius 1 is 1.46 bits per heavy atom. The lowest BCUT2D eigenvalue weighted by atomic mass is 9.84. The average Bonchev–Trinajstić information content (AvgIpc) is 2.49. The summed E-state index contributed by atoms with van der Waals surface area (Å²) < 4.78 is 0. The fourth-order valence-corrected chi connectivity index (χ4v) is 2.63. The van der Waals surface area contributed by atoms with Gasteiger partial charge in [0.2, 0.25) is 5.91 Å². The van der Waals surface area contributed by atoms with Gasteiger partial charge in [0.25, 0.3) is 0 Å². The first-order valence-corrected chi connectivity index (χ1v) is 5.00. The fourth-order valence-electron chi connectivity index (χ4n) is 2.63. The van der Waals surface area contributed by atoms with E-state index in [1.165, 1.54) is 0 Å². The van der Waals surface area contributed by atoms with Gasteiger partial charge in [-0.25, -0.2) is 0 Å². The molecule has 0 aromatic carbocycles. The Kier molecular flexibility index (Phi) is 2.10. The summed E-state index contributed by atoms with van der Waals surface area (Å²) in [6, 6.07) is -0.0637. The van der Waals surface area contributed by atoms with E-state index in [0.29, 0.717) is 12.3 Å². The zero-order valence-corrected chi connectivity index (χ0v) is 7.95. The van der Waals surface area contributed by atoms with Crippen molar-refractivity contribution in [2.75, 3.05) is 6.54 Å². The Labute approximate surface area is 78.1 Å². The molecule has 0 spiro atoms. The third kappa shape index (κ3) is 1.36. The highest BCUT2D eigenvalue weighted by atomic mass is 16.2. The SMILES string of the molecule is CC(=O)N1CC[C@H]2CCCC(=O)[C@@H]21. The molecule has 13 heavy (non-hydrogen) atoms. The molecule has 3 nitrogen and oxygen atoms in total. The van der Waals surface area contributed by atoms with Gasteiger partial charge in [0.15, 0.2) is 5.78 Å². The molecule has 0 aromatic rings. The fraction of sp³-hybridized carbons (Fsp3) is 0.800. The zero-order chi connectivity index (χ0) is 9.42. The summed E-state index contributed by atoms with van der Waals surface area (Å²) in [5.41, 5.74) is 0. The first-order valence-electron chi connectivity index (χ1n) is 5.00. The first kappa shape index (κ1) is 8.73. The molecule has 2 atom stereocenters. The number of hydrogen-bond donors (Lipinski definition) is 0. The number of Topliss-reactive ketones (excluding diaryl/α,β-unsaturated/α-hetero) is 1. The van der Waals surface area contributed by atoms with Gasteiger partial charge < -0.3 is 4.90 Å². The molecule has 0 radical (unpaired) electrons. The van der Waals surface area contributed by atoms with Gasteiger partial charge in [-0.1, -0.05) is 0 Å².